The van der Waals surface area contributed by atoms with Crippen LogP contribution < -0.4 is 0 Å². The minimum Gasteiger partial charge on any atom is -0.0651 e. The number of rotatable bonds is 1. The van der Waals surface area contributed by atoms with Crippen LogP contribution in [0.1, 0.15) is 46.0 Å². The van der Waals surface area contributed by atoms with E-state index < -0.39 is 0 Å². The first-order valence-electron chi connectivity index (χ1n) is 4.79. The first-order chi connectivity index (χ1) is 4.79. The molecule has 2 aliphatic carbocycles. The van der Waals surface area contributed by atoms with Gasteiger partial charge in [0.25, 0.3) is 0 Å². The predicted octanol–water partition coefficient (Wildman–Crippen LogP) is 3.22. The summed E-state index contributed by atoms with van der Waals surface area (Å²) in [7, 11) is 0. The lowest BCUT2D eigenvalue weighted by Crippen LogP contribution is -2.52. The van der Waals surface area contributed by atoms with E-state index in [2.05, 4.69) is 13.8 Å². The van der Waals surface area contributed by atoms with E-state index in [1.165, 1.54) is 19.3 Å². The van der Waals surface area contributed by atoms with Crippen molar-refractivity contribution in [3.63, 3.8) is 0 Å². The van der Waals surface area contributed by atoms with Gasteiger partial charge in [0, 0.05) is 0 Å². The normalized spacial score (nSPS) is 42.6. The topological polar surface area (TPSA) is 0 Å². The van der Waals surface area contributed by atoms with Crippen LogP contribution in [0.5, 0.6) is 0 Å². The van der Waals surface area contributed by atoms with Crippen molar-refractivity contribution < 1.29 is 0 Å². The zero-order valence-electron chi connectivity index (χ0n) is 7.19. The molecule has 0 aliphatic heterocycles. The molecule has 0 saturated heterocycles. The highest BCUT2D eigenvalue weighted by Gasteiger charge is 2.54. The first kappa shape index (κ1) is 6.69. The molecule has 0 heterocycles. The van der Waals surface area contributed by atoms with Crippen LogP contribution in [-0.4, -0.2) is 0 Å². The Morgan fingerprint density at radius 1 is 1.40 bits per heavy atom. The van der Waals surface area contributed by atoms with Crippen LogP contribution in [0.25, 0.3) is 0 Å². The molecule has 0 N–H and O–H groups in total. The summed E-state index contributed by atoms with van der Waals surface area (Å²) in [5, 5.41) is 0. The Morgan fingerprint density at radius 2 is 2.10 bits per heavy atom. The predicted molar refractivity (Wildman–Crippen MR) is 43.8 cm³/mol. The quantitative estimate of drug-likeness (QED) is 0.522. The molecular weight excluding hydrogens is 120 g/mol. The monoisotopic (exact) mass is 138 g/mol. The lowest BCUT2D eigenvalue weighted by molar-refractivity contribution is -0.111. The zero-order valence-corrected chi connectivity index (χ0v) is 7.19. The van der Waals surface area contributed by atoms with Crippen molar-refractivity contribution in [1.29, 1.82) is 0 Å². The van der Waals surface area contributed by atoms with Gasteiger partial charge in [0.1, 0.15) is 0 Å². The maximum atomic E-state index is 2.45. The van der Waals surface area contributed by atoms with Gasteiger partial charge >= 0.3 is 0 Å². The SMILES string of the molecule is CCC1CC(C)C12CCC2. The van der Waals surface area contributed by atoms with Crippen molar-refractivity contribution >= 4 is 0 Å². The summed E-state index contributed by atoms with van der Waals surface area (Å²) in [6.45, 7) is 4.81. The highest BCUT2D eigenvalue weighted by Crippen LogP contribution is 2.64. The van der Waals surface area contributed by atoms with Crippen LogP contribution in [0.2, 0.25) is 0 Å². The van der Waals surface area contributed by atoms with E-state index in [1.54, 1.807) is 12.8 Å². The molecule has 2 saturated carbocycles. The molecule has 0 aromatic rings. The molecule has 10 heavy (non-hydrogen) atoms. The molecule has 0 amide bonds. The molecule has 2 rings (SSSR count). The van der Waals surface area contributed by atoms with Crippen molar-refractivity contribution in [2.45, 2.75) is 46.0 Å². The van der Waals surface area contributed by atoms with Gasteiger partial charge in [-0.2, -0.15) is 0 Å². The van der Waals surface area contributed by atoms with Gasteiger partial charge in [-0.3, -0.25) is 0 Å². The Kier molecular flexibility index (Phi) is 1.33. The second-order valence-corrected chi connectivity index (χ2v) is 4.33. The summed E-state index contributed by atoms with van der Waals surface area (Å²) in [6, 6.07) is 0. The van der Waals surface area contributed by atoms with Gasteiger partial charge in [-0.05, 0) is 36.5 Å². The zero-order chi connectivity index (χ0) is 7.19. The van der Waals surface area contributed by atoms with E-state index in [1.807, 2.05) is 0 Å². The van der Waals surface area contributed by atoms with Gasteiger partial charge in [0.05, 0.1) is 0 Å². The summed E-state index contributed by atoms with van der Waals surface area (Å²) < 4.78 is 0. The van der Waals surface area contributed by atoms with Crippen molar-refractivity contribution in [2.75, 3.05) is 0 Å². The Balaban J connectivity index is 2.03. The molecule has 2 fully saturated rings. The lowest BCUT2D eigenvalue weighted by atomic mass is 9.44. The molecule has 0 aromatic carbocycles. The van der Waals surface area contributed by atoms with Gasteiger partial charge < -0.3 is 0 Å². The molecule has 2 unspecified atom stereocenters. The standard InChI is InChI=1S/C10H18/c1-3-9-7-8(2)10(9)5-4-6-10/h8-9H,3-7H2,1-2H3. The van der Waals surface area contributed by atoms with Gasteiger partial charge in [-0.15, -0.1) is 0 Å². The van der Waals surface area contributed by atoms with E-state index in [0.29, 0.717) is 0 Å². The van der Waals surface area contributed by atoms with E-state index in [-0.39, 0.29) is 0 Å². The maximum Gasteiger partial charge on any atom is -0.0243 e. The highest BCUT2D eigenvalue weighted by molar-refractivity contribution is 5.04. The van der Waals surface area contributed by atoms with Crippen molar-refractivity contribution in [1.82, 2.24) is 0 Å². The second-order valence-electron chi connectivity index (χ2n) is 4.33. The van der Waals surface area contributed by atoms with Crippen molar-refractivity contribution in [2.24, 2.45) is 17.3 Å². The van der Waals surface area contributed by atoms with Crippen LogP contribution in [-0.2, 0) is 0 Å². The van der Waals surface area contributed by atoms with Crippen LogP contribution in [0, 0.1) is 17.3 Å². The summed E-state index contributed by atoms with van der Waals surface area (Å²) in [6.07, 6.45) is 7.57. The smallest absolute Gasteiger partial charge is 0.0243 e. The maximum absolute atomic E-state index is 2.45. The minimum atomic E-state index is 0.870. The van der Waals surface area contributed by atoms with E-state index >= 15 is 0 Å². The van der Waals surface area contributed by atoms with Gasteiger partial charge in [-0.25, -0.2) is 0 Å². The first-order valence-corrected chi connectivity index (χ1v) is 4.79. The van der Waals surface area contributed by atoms with Gasteiger partial charge in [0.15, 0.2) is 0 Å². The van der Waals surface area contributed by atoms with Gasteiger partial charge in [0.2, 0.25) is 0 Å². The molecule has 0 aromatic heterocycles. The average Bonchev–Trinajstić information content (AvgIpc) is 1.78. The number of hydrogen-bond donors (Lipinski definition) is 0. The van der Waals surface area contributed by atoms with E-state index in [9.17, 15) is 0 Å². The average molecular weight is 138 g/mol. The summed E-state index contributed by atoms with van der Waals surface area (Å²) in [5.74, 6) is 2.17. The molecule has 2 aliphatic rings. The Hall–Kier alpha value is 0. The molecule has 2 atom stereocenters. The van der Waals surface area contributed by atoms with Gasteiger partial charge in [-0.1, -0.05) is 26.7 Å². The van der Waals surface area contributed by atoms with Crippen LogP contribution in [0.15, 0.2) is 0 Å². The Morgan fingerprint density at radius 3 is 2.30 bits per heavy atom. The lowest BCUT2D eigenvalue weighted by Gasteiger charge is -2.61. The summed E-state index contributed by atoms with van der Waals surface area (Å²) in [4.78, 5) is 0. The molecular formula is C10H18. The molecule has 1 spiro atoms. The van der Waals surface area contributed by atoms with E-state index in [4.69, 9.17) is 0 Å². The van der Waals surface area contributed by atoms with E-state index in [0.717, 1.165) is 17.3 Å². The Bertz CT molecular complexity index is 133. The minimum absolute atomic E-state index is 0.870. The molecule has 0 heteroatoms. The summed E-state index contributed by atoms with van der Waals surface area (Å²) >= 11 is 0. The van der Waals surface area contributed by atoms with Crippen LogP contribution in [0.3, 0.4) is 0 Å². The van der Waals surface area contributed by atoms with Crippen molar-refractivity contribution in [3.05, 3.63) is 0 Å². The fraction of sp³-hybridized carbons (Fsp3) is 1.00. The third kappa shape index (κ3) is 0.580. The third-order valence-corrected chi connectivity index (χ3v) is 4.21. The summed E-state index contributed by atoms with van der Waals surface area (Å²) in [5.41, 5.74) is 0.870. The molecule has 0 radical (unpaired) electrons. The Labute approximate surface area is 64.0 Å². The highest BCUT2D eigenvalue weighted by atomic mass is 14.6. The van der Waals surface area contributed by atoms with Crippen LogP contribution in [0.4, 0.5) is 0 Å². The fourth-order valence-corrected chi connectivity index (χ4v) is 3.20. The van der Waals surface area contributed by atoms with Crippen LogP contribution >= 0.6 is 0 Å². The molecule has 0 nitrogen and oxygen atoms in total. The molecule has 58 valence electrons. The largest absolute Gasteiger partial charge is 0.0651 e. The fourth-order valence-electron chi connectivity index (χ4n) is 3.20. The van der Waals surface area contributed by atoms with Crippen molar-refractivity contribution in [3.8, 4) is 0 Å². The third-order valence-electron chi connectivity index (χ3n) is 4.21. The molecule has 0 bridgehead atoms. The second kappa shape index (κ2) is 1.99. The number of hydrogen-bond acceptors (Lipinski definition) is 0.